The first-order valence-corrected chi connectivity index (χ1v) is 9.69. The van der Waals surface area contributed by atoms with E-state index in [9.17, 15) is 10.0 Å². The van der Waals surface area contributed by atoms with E-state index < -0.39 is 17.3 Å². The van der Waals surface area contributed by atoms with Gasteiger partial charge in [0.2, 0.25) is 0 Å². The zero-order chi connectivity index (χ0) is 21.2. The van der Waals surface area contributed by atoms with Gasteiger partial charge in [0.1, 0.15) is 5.60 Å². The van der Waals surface area contributed by atoms with Crippen LogP contribution in [-0.4, -0.2) is 24.8 Å². The van der Waals surface area contributed by atoms with E-state index in [1.807, 2.05) is 81.4 Å². The molecule has 0 bridgehead atoms. The molecule has 2 aromatic rings. The Morgan fingerprint density at radius 3 is 2.03 bits per heavy atom. The Bertz CT molecular complexity index is 781. The van der Waals surface area contributed by atoms with Crippen LogP contribution in [-0.2, 0) is 15.1 Å². The first kappa shape index (κ1) is 22.3. The third-order valence-corrected chi connectivity index (χ3v) is 4.12. The smallest absolute Gasteiger partial charge is 0.407 e. The van der Waals surface area contributed by atoms with Crippen molar-refractivity contribution in [3.8, 4) is 6.07 Å². The Balaban J connectivity index is 2.01. The van der Waals surface area contributed by atoms with Gasteiger partial charge in [0.15, 0.2) is 0 Å². The quantitative estimate of drug-likeness (QED) is 0.499. The molecule has 6 nitrogen and oxygen atoms in total. The molecule has 154 valence electrons. The van der Waals surface area contributed by atoms with Gasteiger partial charge < -0.3 is 20.0 Å². The van der Waals surface area contributed by atoms with Crippen molar-refractivity contribution in [2.75, 3.05) is 13.2 Å². The van der Waals surface area contributed by atoms with Crippen molar-refractivity contribution in [2.24, 2.45) is 0 Å². The van der Waals surface area contributed by atoms with Crippen LogP contribution < -0.4 is 5.32 Å². The average Bonchev–Trinajstić information content (AvgIpc) is 2.69. The molecule has 1 N–H and O–H groups in total. The molecule has 29 heavy (non-hydrogen) atoms. The molecule has 0 aromatic heterocycles. The van der Waals surface area contributed by atoms with Crippen LogP contribution in [0.15, 0.2) is 60.7 Å². The molecule has 0 aliphatic heterocycles. The summed E-state index contributed by atoms with van der Waals surface area (Å²) in [6.07, 6.45) is 0.943. The Labute approximate surface area is 172 Å². The van der Waals surface area contributed by atoms with Gasteiger partial charge in [-0.3, -0.25) is 0 Å². The van der Waals surface area contributed by atoms with Crippen molar-refractivity contribution in [1.29, 1.82) is 0 Å². The predicted octanol–water partition coefficient (Wildman–Crippen LogP) is 5.08. The highest BCUT2D eigenvalue weighted by molar-refractivity contribution is 5.67. The highest BCUT2D eigenvalue weighted by atomic mass is 16.6. The molecular weight excluding hydrogens is 368 g/mol. The fraction of sp³-hybridized carbons (Fsp3) is 0.391. The second kappa shape index (κ2) is 10.5. The Morgan fingerprint density at radius 2 is 1.55 bits per heavy atom. The van der Waals surface area contributed by atoms with Gasteiger partial charge in [-0.1, -0.05) is 60.7 Å². The minimum Gasteiger partial charge on any atom is -0.498 e. The summed E-state index contributed by atoms with van der Waals surface area (Å²) in [5, 5.41) is 16.8. The predicted molar refractivity (Wildman–Crippen MR) is 114 cm³/mol. The fourth-order valence-corrected chi connectivity index (χ4v) is 2.86. The summed E-state index contributed by atoms with van der Waals surface area (Å²) in [6, 6.07) is 21.5. The van der Waals surface area contributed by atoms with Crippen LogP contribution in [0.2, 0.25) is 0 Å². The minimum atomic E-state index is -1.18. The largest absolute Gasteiger partial charge is 0.498 e. The molecule has 0 atom stereocenters. The Morgan fingerprint density at radius 1 is 1.00 bits per heavy atom. The highest BCUT2D eigenvalue weighted by Crippen LogP contribution is 2.33. The maximum Gasteiger partial charge on any atom is 0.407 e. The molecule has 0 unspecified atom stereocenters. The van der Waals surface area contributed by atoms with Crippen molar-refractivity contribution in [3.63, 3.8) is 0 Å². The monoisotopic (exact) mass is 396 g/mol. The first-order valence-electron chi connectivity index (χ1n) is 9.69. The van der Waals surface area contributed by atoms with Gasteiger partial charge in [0, 0.05) is 29.3 Å². The number of hydrogen-bond acceptors (Lipinski definition) is 4. The standard InChI is InChI=1S/C23H28N2O4/c1-22(2,3)29-21(26)24-16-10-11-17-28-23(18-25-27,19-12-6-4-7-13-19)20-14-8-5-9-15-20/h4-9,12-15H,10-11,16-17H2,1-3H3,(H,24,26). The fourth-order valence-electron chi connectivity index (χ4n) is 2.86. The van der Waals surface area contributed by atoms with Gasteiger partial charge in [-0.2, -0.15) is 0 Å². The van der Waals surface area contributed by atoms with Gasteiger partial charge in [0.25, 0.3) is 5.60 Å². The number of amides is 1. The third kappa shape index (κ3) is 6.81. The molecule has 0 saturated carbocycles. The molecule has 0 fully saturated rings. The van der Waals surface area contributed by atoms with Crippen LogP contribution in [0, 0.1) is 11.3 Å². The summed E-state index contributed by atoms with van der Waals surface area (Å²) in [4.78, 5) is 11.7. The van der Waals surface area contributed by atoms with E-state index in [4.69, 9.17) is 9.47 Å². The number of hydrogen-bond donors (Lipinski definition) is 1. The summed E-state index contributed by atoms with van der Waals surface area (Å²) in [7, 11) is 0. The molecular formula is C23H28N2O4. The molecule has 0 radical (unpaired) electrons. The topological polar surface area (TPSA) is 75.0 Å². The summed E-state index contributed by atoms with van der Waals surface area (Å²) in [5.41, 5.74) is -0.149. The molecule has 0 aliphatic rings. The number of ether oxygens (including phenoxy) is 2. The van der Waals surface area contributed by atoms with Crippen LogP contribution in [0.1, 0.15) is 44.7 Å². The zero-order valence-corrected chi connectivity index (χ0v) is 17.2. The molecule has 1 amide bonds. The highest BCUT2D eigenvalue weighted by Gasteiger charge is 2.40. The zero-order valence-electron chi connectivity index (χ0n) is 17.2. The Kier molecular flexibility index (Phi) is 8.05. The number of unbranched alkanes of at least 4 members (excludes halogenated alkanes) is 1. The van der Waals surface area contributed by atoms with Gasteiger partial charge in [-0.15, -0.1) is 0 Å². The molecule has 0 heterocycles. The van der Waals surface area contributed by atoms with Gasteiger partial charge in [-0.25, -0.2) is 4.79 Å². The number of nitrogens with one attached hydrogen (secondary N) is 1. The SMILES string of the molecule is CC(C)(C)OC(=O)NCCCCOC(C#[N+][O-])(c1ccccc1)c1ccccc1. The van der Waals surface area contributed by atoms with E-state index in [1.54, 1.807) is 0 Å². The average molecular weight is 396 g/mol. The maximum atomic E-state index is 11.7. The van der Waals surface area contributed by atoms with Crippen LogP contribution in [0.3, 0.4) is 0 Å². The Hall–Kier alpha value is -3.04. The summed E-state index contributed by atoms with van der Waals surface area (Å²) >= 11 is 0. The number of carbonyl (C=O) groups is 1. The van der Waals surface area contributed by atoms with Crippen molar-refractivity contribution < 1.29 is 14.3 Å². The molecule has 2 rings (SSSR count). The number of benzene rings is 2. The second-order valence-electron chi connectivity index (χ2n) is 7.60. The lowest BCUT2D eigenvalue weighted by Crippen LogP contribution is -2.33. The number of nitrogens with zero attached hydrogens (tertiary/aromatic N) is 1. The van der Waals surface area contributed by atoms with E-state index >= 15 is 0 Å². The lowest BCUT2D eigenvalue weighted by Gasteiger charge is -2.25. The molecule has 2 aromatic carbocycles. The summed E-state index contributed by atoms with van der Waals surface area (Å²) in [5.74, 6) is 0. The second-order valence-corrected chi connectivity index (χ2v) is 7.60. The minimum absolute atomic E-state index is 0.363. The van der Waals surface area contributed by atoms with Crippen molar-refractivity contribution in [2.45, 2.75) is 44.8 Å². The molecule has 0 aliphatic carbocycles. The van der Waals surface area contributed by atoms with Crippen molar-refractivity contribution in [1.82, 2.24) is 5.32 Å². The number of rotatable bonds is 8. The first-order chi connectivity index (χ1) is 13.9. The third-order valence-electron chi connectivity index (χ3n) is 4.12. The maximum absolute atomic E-state index is 11.7. The van der Waals surface area contributed by atoms with E-state index in [1.165, 1.54) is 0 Å². The van der Waals surface area contributed by atoms with Crippen LogP contribution in [0.5, 0.6) is 0 Å². The van der Waals surface area contributed by atoms with Gasteiger partial charge in [0.05, 0.1) is 0 Å². The molecule has 0 saturated heterocycles. The normalized spacial score (nSPS) is 11.3. The van der Waals surface area contributed by atoms with E-state index in [0.29, 0.717) is 26.0 Å². The van der Waals surface area contributed by atoms with Gasteiger partial charge >= 0.3 is 12.2 Å². The summed E-state index contributed by atoms with van der Waals surface area (Å²) < 4.78 is 11.4. The number of alkyl carbamates (subject to hydrolysis) is 1. The lowest BCUT2D eigenvalue weighted by atomic mass is 9.87. The van der Waals surface area contributed by atoms with Crippen LogP contribution in [0.4, 0.5) is 4.79 Å². The van der Waals surface area contributed by atoms with E-state index in [0.717, 1.165) is 11.1 Å². The molecule has 0 spiro atoms. The van der Waals surface area contributed by atoms with E-state index in [2.05, 4.69) is 16.4 Å². The summed E-state index contributed by atoms with van der Waals surface area (Å²) in [6.45, 7) is 6.30. The molecule has 6 heteroatoms. The van der Waals surface area contributed by atoms with Gasteiger partial charge in [-0.05, 0) is 33.6 Å². The van der Waals surface area contributed by atoms with E-state index in [-0.39, 0.29) is 0 Å². The lowest BCUT2D eigenvalue weighted by molar-refractivity contribution is 0.0235. The number of carbonyl (C=O) groups excluding carboxylic acids is 1. The van der Waals surface area contributed by atoms with Crippen molar-refractivity contribution in [3.05, 3.63) is 82.0 Å². The van der Waals surface area contributed by atoms with Crippen molar-refractivity contribution >= 4 is 6.09 Å². The van der Waals surface area contributed by atoms with Crippen LogP contribution in [0.25, 0.3) is 5.01 Å². The van der Waals surface area contributed by atoms with Crippen LogP contribution >= 0.6 is 0 Å².